The number of hydrogen-bond acceptors (Lipinski definition) is 3. The Morgan fingerprint density at radius 1 is 0.806 bits per heavy atom. The van der Waals surface area contributed by atoms with E-state index >= 15 is 0 Å². The van der Waals surface area contributed by atoms with Gasteiger partial charge in [-0.1, -0.05) is 80.6 Å². The van der Waals surface area contributed by atoms with E-state index in [9.17, 15) is 9.59 Å². The van der Waals surface area contributed by atoms with Gasteiger partial charge in [0, 0.05) is 5.56 Å². The van der Waals surface area contributed by atoms with Crippen molar-refractivity contribution in [2.45, 2.75) is 26.2 Å². The van der Waals surface area contributed by atoms with Crippen molar-refractivity contribution in [1.82, 2.24) is 10.9 Å². The molecule has 160 valence electrons. The Balaban J connectivity index is 1.66. The lowest BCUT2D eigenvalue weighted by Crippen LogP contribution is -2.44. The van der Waals surface area contributed by atoms with Crippen LogP contribution in [0.25, 0.3) is 0 Å². The Hall–Kier alpha value is -3.60. The minimum atomic E-state index is -0.534. The molecule has 5 heteroatoms. The zero-order valence-electron chi connectivity index (χ0n) is 17.9. The number of hydrogen-bond donors (Lipinski definition) is 2. The summed E-state index contributed by atoms with van der Waals surface area (Å²) in [6, 6.07) is 25.9. The molecule has 0 atom stereocenters. The molecule has 5 nitrogen and oxygen atoms in total. The van der Waals surface area contributed by atoms with Crippen molar-refractivity contribution in [1.29, 1.82) is 0 Å². The number of carbonyl (C=O) groups excluding carboxylic acids is 2. The summed E-state index contributed by atoms with van der Waals surface area (Å²) in [5.74, 6) is -0.0686. The zero-order chi connectivity index (χ0) is 22.1. The maximum Gasteiger partial charge on any atom is 0.269 e. The Bertz CT molecular complexity index is 948. The summed E-state index contributed by atoms with van der Waals surface area (Å²) in [4.78, 5) is 25.6. The van der Waals surface area contributed by atoms with E-state index in [1.807, 2.05) is 66.7 Å². The highest BCUT2D eigenvalue weighted by Crippen LogP contribution is 2.24. The predicted octanol–water partition coefficient (Wildman–Crippen LogP) is 4.70. The average Bonchev–Trinajstić information content (AvgIpc) is 2.79. The highest BCUT2D eigenvalue weighted by atomic mass is 16.5. The van der Waals surface area contributed by atoms with Crippen LogP contribution in [0.4, 0.5) is 0 Å². The highest BCUT2D eigenvalue weighted by Gasteiger charge is 2.23. The van der Waals surface area contributed by atoms with Crippen LogP contribution in [0.2, 0.25) is 0 Å². The van der Waals surface area contributed by atoms with E-state index in [4.69, 9.17) is 4.74 Å². The lowest BCUT2D eigenvalue weighted by atomic mass is 9.91. The van der Waals surface area contributed by atoms with E-state index in [0.717, 1.165) is 17.5 Å². The maximum absolute atomic E-state index is 13.0. The van der Waals surface area contributed by atoms with Crippen molar-refractivity contribution >= 4 is 11.8 Å². The van der Waals surface area contributed by atoms with Crippen LogP contribution < -0.4 is 15.6 Å². The lowest BCUT2D eigenvalue weighted by molar-refractivity contribution is -0.122. The second kappa shape index (κ2) is 11.0. The highest BCUT2D eigenvalue weighted by molar-refractivity contribution is 5.96. The third-order valence-electron chi connectivity index (χ3n) is 4.89. The first-order valence-electron chi connectivity index (χ1n) is 10.5. The van der Waals surface area contributed by atoms with Gasteiger partial charge < -0.3 is 4.74 Å². The minimum absolute atomic E-state index is 0.310. The summed E-state index contributed by atoms with van der Waals surface area (Å²) in [5.41, 5.74) is 7.21. The number of ether oxygens (including phenoxy) is 1. The molecular formula is C26H28N2O3. The van der Waals surface area contributed by atoms with Gasteiger partial charge in [-0.05, 0) is 41.7 Å². The number of carbonyl (C=O) groups is 2. The molecule has 0 radical (unpaired) electrons. The normalized spacial score (nSPS) is 10.7. The van der Waals surface area contributed by atoms with Gasteiger partial charge in [0.15, 0.2) is 0 Å². The van der Waals surface area contributed by atoms with Crippen LogP contribution in [0.5, 0.6) is 5.75 Å². The first-order chi connectivity index (χ1) is 15.0. The van der Waals surface area contributed by atoms with Gasteiger partial charge in [0.2, 0.25) is 5.91 Å². The topological polar surface area (TPSA) is 67.4 Å². The van der Waals surface area contributed by atoms with Gasteiger partial charge >= 0.3 is 0 Å². The van der Waals surface area contributed by atoms with Gasteiger partial charge in [0.05, 0.1) is 12.5 Å². The molecule has 0 aliphatic rings. The van der Waals surface area contributed by atoms with Crippen LogP contribution in [0.3, 0.4) is 0 Å². The fourth-order valence-corrected chi connectivity index (χ4v) is 3.19. The van der Waals surface area contributed by atoms with E-state index in [-0.39, 0.29) is 5.91 Å². The molecule has 3 aromatic rings. The third-order valence-corrected chi connectivity index (χ3v) is 4.89. The zero-order valence-corrected chi connectivity index (χ0v) is 17.9. The van der Waals surface area contributed by atoms with Crippen LogP contribution in [-0.4, -0.2) is 18.4 Å². The summed E-state index contributed by atoms with van der Waals surface area (Å²) in [5, 5.41) is 0. The van der Waals surface area contributed by atoms with Crippen molar-refractivity contribution in [3.63, 3.8) is 0 Å². The number of benzene rings is 3. The predicted molar refractivity (Wildman–Crippen MR) is 122 cm³/mol. The molecule has 3 aromatic carbocycles. The van der Waals surface area contributed by atoms with E-state index in [1.54, 1.807) is 18.2 Å². The standard InChI is InChI=1S/C26H28N2O3/c1-19(2)16-17-31-23-15-9-14-22(18-23)25(29)27-28-26(30)24(20-10-5-3-6-11-20)21-12-7-4-8-13-21/h3-15,18-19,24H,16-17H2,1-2H3,(H,27,29)(H,28,30). The fourth-order valence-electron chi connectivity index (χ4n) is 3.19. The smallest absolute Gasteiger partial charge is 0.269 e. The molecule has 2 N–H and O–H groups in total. The molecule has 2 amide bonds. The fraction of sp³-hybridized carbons (Fsp3) is 0.231. The summed E-state index contributed by atoms with van der Waals surface area (Å²) >= 11 is 0. The molecule has 0 bridgehead atoms. The molecule has 0 heterocycles. The average molecular weight is 417 g/mol. The molecular weight excluding hydrogens is 388 g/mol. The SMILES string of the molecule is CC(C)CCOc1cccc(C(=O)NNC(=O)C(c2ccccc2)c2ccccc2)c1. The molecule has 0 saturated carbocycles. The maximum atomic E-state index is 13.0. The molecule has 0 aliphatic heterocycles. The Labute approximate surface area is 183 Å². The monoisotopic (exact) mass is 416 g/mol. The lowest BCUT2D eigenvalue weighted by Gasteiger charge is -2.18. The molecule has 3 rings (SSSR count). The third kappa shape index (κ3) is 6.44. The largest absolute Gasteiger partial charge is 0.494 e. The van der Waals surface area contributed by atoms with Gasteiger partial charge in [-0.15, -0.1) is 0 Å². The molecule has 31 heavy (non-hydrogen) atoms. The Kier molecular flexibility index (Phi) is 7.82. The number of nitrogens with one attached hydrogen (secondary N) is 2. The van der Waals surface area contributed by atoms with E-state index < -0.39 is 11.8 Å². The second-order valence-corrected chi connectivity index (χ2v) is 7.76. The first-order valence-corrected chi connectivity index (χ1v) is 10.5. The molecule has 0 saturated heterocycles. The van der Waals surface area contributed by atoms with Crippen LogP contribution in [-0.2, 0) is 4.79 Å². The summed E-state index contributed by atoms with van der Waals surface area (Å²) in [6.07, 6.45) is 0.937. The van der Waals surface area contributed by atoms with Crippen molar-refractivity contribution in [3.8, 4) is 5.75 Å². The van der Waals surface area contributed by atoms with Crippen molar-refractivity contribution in [3.05, 3.63) is 102 Å². The van der Waals surface area contributed by atoms with Crippen LogP contribution in [0.1, 0.15) is 47.7 Å². The van der Waals surface area contributed by atoms with Gasteiger partial charge in [-0.2, -0.15) is 0 Å². The second-order valence-electron chi connectivity index (χ2n) is 7.76. The Morgan fingerprint density at radius 2 is 1.42 bits per heavy atom. The number of amides is 2. The summed E-state index contributed by atoms with van der Waals surface area (Å²) in [7, 11) is 0. The van der Waals surface area contributed by atoms with Crippen LogP contribution >= 0.6 is 0 Å². The van der Waals surface area contributed by atoms with Crippen molar-refractivity contribution in [2.24, 2.45) is 5.92 Å². The van der Waals surface area contributed by atoms with Gasteiger partial charge in [0.25, 0.3) is 5.91 Å². The van der Waals surface area contributed by atoms with Crippen LogP contribution in [0, 0.1) is 5.92 Å². The summed E-state index contributed by atoms with van der Waals surface area (Å²) in [6.45, 7) is 4.86. The van der Waals surface area contributed by atoms with Crippen molar-refractivity contribution in [2.75, 3.05) is 6.61 Å². The van der Waals surface area contributed by atoms with Gasteiger partial charge in [-0.3, -0.25) is 20.4 Å². The quantitative estimate of drug-likeness (QED) is 0.523. The minimum Gasteiger partial charge on any atom is -0.494 e. The Morgan fingerprint density at radius 3 is 2.00 bits per heavy atom. The number of rotatable bonds is 8. The first kappa shape index (κ1) is 22.1. The molecule has 0 fully saturated rings. The van der Waals surface area contributed by atoms with E-state index in [0.29, 0.717) is 23.8 Å². The van der Waals surface area contributed by atoms with Gasteiger partial charge in [-0.25, -0.2) is 0 Å². The molecule has 0 spiro atoms. The molecule has 0 unspecified atom stereocenters. The number of hydrazine groups is 1. The van der Waals surface area contributed by atoms with Crippen LogP contribution in [0.15, 0.2) is 84.9 Å². The van der Waals surface area contributed by atoms with Gasteiger partial charge in [0.1, 0.15) is 5.75 Å². The van der Waals surface area contributed by atoms with E-state index in [1.165, 1.54) is 0 Å². The molecule has 0 aromatic heterocycles. The molecule has 0 aliphatic carbocycles. The van der Waals surface area contributed by atoms with E-state index in [2.05, 4.69) is 24.7 Å². The van der Waals surface area contributed by atoms with Crippen molar-refractivity contribution < 1.29 is 14.3 Å². The summed E-state index contributed by atoms with van der Waals surface area (Å²) < 4.78 is 5.72.